The summed E-state index contributed by atoms with van der Waals surface area (Å²) in [5, 5.41) is 2.03. The van der Waals surface area contributed by atoms with Gasteiger partial charge in [0.15, 0.2) is 5.13 Å². The molecule has 0 aliphatic carbocycles. The Morgan fingerprint density at radius 2 is 1.88 bits per heavy atom. The summed E-state index contributed by atoms with van der Waals surface area (Å²) in [5.74, 6) is -0.279. The quantitative estimate of drug-likeness (QED) is 0.459. The maximum Gasteiger partial charge on any atom is 0.246 e. The molecule has 0 N–H and O–H groups in total. The van der Waals surface area contributed by atoms with Crippen LogP contribution in [0.25, 0.3) is 6.08 Å². The number of anilines is 2. The number of para-hydroxylation sites is 2. The number of hydrogen-bond donors (Lipinski definition) is 0. The number of rotatable bonds is 8. The normalized spacial score (nSPS) is 10.9. The molecular formula is C24H24FN3O3S. The lowest BCUT2D eigenvalue weighted by Gasteiger charge is -2.18. The van der Waals surface area contributed by atoms with Crippen LogP contribution in [-0.4, -0.2) is 41.9 Å². The Hall–Kier alpha value is -3.52. The van der Waals surface area contributed by atoms with Crippen molar-refractivity contribution in [3.05, 3.63) is 77.1 Å². The van der Waals surface area contributed by atoms with Gasteiger partial charge in [-0.25, -0.2) is 9.37 Å². The van der Waals surface area contributed by atoms with Crippen LogP contribution in [0.15, 0.2) is 60.0 Å². The van der Waals surface area contributed by atoms with E-state index in [4.69, 9.17) is 4.74 Å². The molecule has 0 atom stereocenters. The molecule has 0 bridgehead atoms. The van der Waals surface area contributed by atoms with Crippen molar-refractivity contribution in [3.63, 3.8) is 0 Å². The van der Waals surface area contributed by atoms with Crippen LogP contribution >= 0.6 is 11.3 Å². The van der Waals surface area contributed by atoms with Crippen LogP contribution in [0.2, 0.25) is 0 Å². The molecule has 0 spiro atoms. The Labute approximate surface area is 190 Å². The molecule has 0 aliphatic rings. The molecule has 0 fully saturated rings. The molecule has 0 aliphatic heterocycles. The smallest absolute Gasteiger partial charge is 0.246 e. The molecule has 3 rings (SSSR count). The van der Waals surface area contributed by atoms with Crippen molar-refractivity contribution in [3.8, 4) is 5.75 Å². The summed E-state index contributed by atoms with van der Waals surface area (Å²) in [5.41, 5.74) is 1.68. The summed E-state index contributed by atoms with van der Waals surface area (Å²) in [6.45, 7) is 4.11. The lowest BCUT2D eigenvalue weighted by Crippen LogP contribution is -2.29. The van der Waals surface area contributed by atoms with Gasteiger partial charge in [0.05, 0.1) is 17.9 Å². The van der Waals surface area contributed by atoms with Crippen LogP contribution < -0.4 is 9.64 Å². The molecule has 0 unspecified atom stereocenters. The SMILES string of the molecule is CC(=O)N(c1nc(/C=C/C(=O)N(C)CCOc2ccccc2C)cs1)c1ccccc1F. The molecule has 8 heteroatoms. The first-order chi connectivity index (χ1) is 15.4. The molecule has 166 valence electrons. The highest BCUT2D eigenvalue weighted by Gasteiger charge is 2.20. The number of halogens is 1. The fraction of sp³-hybridized carbons (Fsp3) is 0.208. The van der Waals surface area contributed by atoms with Crippen LogP contribution in [-0.2, 0) is 9.59 Å². The van der Waals surface area contributed by atoms with Crippen LogP contribution in [0.4, 0.5) is 15.2 Å². The van der Waals surface area contributed by atoms with E-state index < -0.39 is 5.82 Å². The lowest BCUT2D eigenvalue weighted by atomic mass is 10.2. The molecule has 2 aromatic carbocycles. The van der Waals surface area contributed by atoms with Gasteiger partial charge in [0.1, 0.15) is 18.2 Å². The number of likely N-dealkylation sites (N-methyl/N-ethyl adjacent to an activating group) is 1. The highest BCUT2D eigenvalue weighted by Crippen LogP contribution is 2.31. The van der Waals surface area contributed by atoms with E-state index in [-0.39, 0.29) is 17.5 Å². The fourth-order valence-corrected chi connectivity index (χ4v) is 3.75. The van der Waals surface area contributed by atoms with Crippen molar-refractivity contribution in [1.29, 1.82) is 0 Å². The maximum absolute atomic E-state index is 14.2. The minimum absolute atomic E-state index is 0.134. The number of carbonyl (C=O) groups is 2. The minimum atomic E-state index is -0.514. The minimum Gasteiger partial charge on any atom is -0.491 e. The van der Waals surface area contributed by atoms with Gasteiger partial charge in [0.2, 0.25) is 11.8 Å². The molecule has 0 saturated heterocycles. The van der Waals surface area contributed by atoms with E-state index in [1.54, 1.807) is 35.5 Å². The van der Waals surface area contributed by atoms with Gasteiger partial charge in [-0.2, -0.15) is 0 Å². The van der Waals surface area contributed by atoms with Crippen LogP contribution in [0, 0.1) is 12.7 Å². The average Bonchev–Trinajstić information content (AvgIpc) is 3.23. The predicted octanol–water partition coefficient (Wildman–Crippen LogP) is 4.83. The van der Waals surface area contributed by atoms with Crippen molar-refractivity contribution in [1.82, 2.24) is 9.88 Å². The molecule has 3 aromatic rings. The monoisotopic (exact) mass is 453 g/mol. The zero-order valence-electron chi connectivity index (χ0n) is 18.1. The Morgan fingerprint density at radius 3 is 2.59 bits per heavy atom. The molecule has 1 aromatic heterocycles. The topological polar surface area (TPSA) is 62.7 Å². The number of nitrogens with zero attached hydrogens (tertiary/aromatic N) is 3. The summed E-state index contributed by atoms with van der Waals surface area (Å²) >= 11 is 1.19. The zero-order valence-corrected chi connectivity index (χ0v) is 18.9. The first kappa shape index (κ1) is 23.1. The first-order valence-corrected chi connectivity index (χ1v) is 10.9. The van der Waals surface area contributed by atoms with Gasteiger partial charge in [-0.1, -0.05) is 30.3 Å². The van der Waals surface area contributed by atoms with Crippen LogP contribution in [0.3, 0.4) is 0 Å². The number of benzene rings is 2. The fourth-order valence-electron chi connectivity index (χ4n) is 2.90. The highest BCUT2D eigenvalue weighted by atomic mass is 32.1. The number of ether oxygens (including phenoxy) is 1. The van der Waals surface area contributed by atoms with E-state index in [1.807, 2.05) is 31.2 Å². The summed E-state index contributed by atoms with van der Waals surface area (Å²) in [4.78, 5) is 31.6. The van der Waals surface area contributed by atoms with Gasteiger partial charge in [-0.15, -0.1) is 11.3 Å². The second-order valence-corrected chi connectivity index (χ2v) is 7.90. The van der Waals surface area contributed by atoms with E-state index in [0.29, 0.717) is 24.0 Å². The molecule has 0 radical (unpaired) electrons. The number of amides is 2. The largest absolute Gasteiger partial charge is 0.491 e. The second-order valence-electron chi connectivity index (χ2n) is 7.07. The molecular weight excluding hydrogens is 429 g/mol. The maximum atomic E-state index is 14.2. The van der Waals surface area contributed by atoms with Gasteiger partial charge in [-0.3, -0.25) is 14.5 Å². The Bertz CT molecular complexity index is 1130. The number of hydrogen-bond acceptors (Lipinski definition) is 5. The number of aryl methyl sites for hydroxylation is 1. The molecule has 1 heterocycles. The molecule has 2 amide bonds. The predicted molar refractivity (Wildman–Crippen MR) is 125 cm³/mol. The van der Waals surface area contributed by atoms with Crippen molar-refractivity contribution >= 4 is 40.0 Å². The summed E-state index contributed by atoms with van der Waals surface area (Å²) < 4.78 is 19.9. The Balaban J connectivity index is 1.60. The molecule has 32 heavy (non-hydrogen) atoms. The van der Waals surface area contributed by atoms with Gasteiger partial charge in [-0.05, 0) is 36.8 Å². The standard InChI is InChI=1S/C24H24FN3O3S/c1-17-8-4-7-11-22(17)31-15-14-27(3)23(30)13-12-19-16-32-24(26-19)28(18(2)29)21-10-6-5-9-20(21)25/h4-13,16H,14-15H2,1-3H3/b13-12+. The van der Waals surface area contributed by atoms with Crippen LogP contribution in [0.1, 0.15) is 18.2 Å². The van der Waals surface area contributed by atoms with E-state index in [9.17, 15) is 14.0 Å². The molecule has 0 saturated carbocycles. The second kappa shape index (κ2) is 10.7. The van der Waals surface area contributed by atoms with Gasteiger partial charge in [0.25, 0.3) is 0 Å². The van der Waals surface area contributed by atoms with Crippen molar-refractivity contribution in [2.75, 3.05) is 25.1 Å². The van der Waals surface area contributed by atoms with Crippen molar-refractivity contribution in [2.24, 2.45) is 0 Å². The van der Waals surface area contributed by atoms with E-state index >= 15 is 0 Å². The lowest BCUT2D eigenvalue weighted by molar-refractivity contribution is -0.125. The van der Waals surface area contributed by atoms with Gasteiger partial charge >= 0.3 is 0 Å². The third-order valence-corrected chi connectivity index (χ3v) is 5.50. The average molecular weight is 454 g/mol. The summed E-state index contributed by atoms with van der Waals surface area (Å²) in [6, 6.07) is 13.7. The highest BCUT2D eigenvalue weighted by molar-refractivity contribution is 7.14. The van der Waals surface area contributed by atoms with Crippen molar-refractivity contribution in [2.45, 2.75) is 13.8 Å². The first-order valence-electron chi connectivity index (χ1n) is 9.99. The summed E-state index contributed by atoms with van der Waals surface area (Å²) in [7, 11) is 1.69. The Morgan fingerprint density at radius 1 is 1.16 bits per heavy atom. The van der Waals surface area contributed by atoms with Gasteiger partial charge < -0.3 is 9.64 Å². The number of carbonyl (C=O) groups excluding carboxylic acids is 2. The number of aromatic nitrogens is 1. The van der Waals surface area contributed by atoms with Gasteiger partial charge in [0, 0.05) is 25.4 Å². The summed E-state index contributed by atoms with van der Waals surface area (Å²) in [6.07, 6.45) is 2.98. The zero-order chi connectivity index (χ0) is 23.1. The van der Waals surface area contributed by atoms with Crippen molar-refractivity contribution < 1.29 is 18.7 Å². The molecule has 6 nitrogen and oxygen atoms in total. The third kappa shape index (κ3) is 5.79. The van der Waals surface area contributed by atoms with E-state index in [0.717, 1.165) is 11.3 Å². The third-order valence-electron chi connectivity index (χ3n) is 4.66. The van der Waals surface area contributed by atoms with E-state index in [2.05, 4.69) is 4.98 Å². The number of thiazole rings is 1. The van der Waals surface area contributed by atoms with E-state index in [1.165, 1.54) is 41.4 Å². The Kier molecular flexibility index (Phi) is 7.72. The van der Waals surface area contributed by atoms with Crippen LogP contribution in [0.5, 0.6) is 5.75 Å².